The van der Waals surface area contributed by atoms with Crippen LogP contribution in [-0.2, 0) is 0 Å². The second-order valence-corrected chi connectivity index (χ2v) is 21.8. The summed E-state index contributed by atoms with van der Waals surface area (Å²) < 4.78 is 11.2. The van der Waals surface area contributed by atoms with Crippen molar-refractivity contribution in [1.82, 2.24) is 42.4 Å². The Kier molecular flexibility index (Phi) is 9.07. The lowest BCUT2D eigenvalue weighted by atomic mass is 10.2. The van der Waals surface area contributed by atoms with E-state index in [1.165, 1.54) is 37.4 Å². The lowest BCUT2D eigenvalue weighted by molar-refractivity contribution is 0.934. The fraction of sp³-hybridized carbons (Fsp3) is 0.0164. The molecule has 14 aromatic rings. The van der Waals surface area contributed by atoms with Crippen molar-refractivity contribution in [3.05, 3.63) is 242 Å². The molecule has 10 heteroatoms. The summed E-state index contributed by atoms with van der Waals surface area (Å²) >= 11 is 0. The minimum atomic E-state index is -3.39. The molecule has 0 fully saturated rings. The van der Waals surface area contributed by atoms with Crippen molar-refractivity contribution in [3.8, 4) is 17.5 Å². The first-order valence-corrected chi connectivity index (χ1v) is 25.9. The Morgan fingerprint density at radius 1 is 0.437 bits per heavy atom. The monoisotopic (exact) mass is 929 g/mol. The topological polar surface area (TPSA) is 75.2 Å². The molecule has 8 aromatic carbocycles. The number of hydrogen-bond acceptors (Lipinski definition) is 4. The number of fused-ring (bicyclic) bond motifs is 11. The highest BCUT2D eigenvalue weighted by Crippen LogP contribution is 2.34. The molecule has 0 amide bonds. The number of imidazole rings is 4. The third-order valence-corrected chi connectivity index (χ3v) is 18.8. The lowest BCUT2D eigenvalue weighted by Gasteiger charge is -2.33. The van der Waals surface area contributed by atoms with E-state index in [2.05, 4.69) is 248 Å². The molecule has 0 spiro atoms. The van der Waals surface area contributed by atoms with E-state index in [0.717, 1.165) is 67.0 Å². The lowest BCUT2D eigenvalue weighted by Crippen LogP contribution is -2.75. The van der Waals surface area contributed by atoms with Crippen LogP contribution < -0.4 is 20.9 Å². The number of aryl methyl sites for hydroxylation is 1. The van der Waals surface area contributed by atoms with Crippen LogP contribution in [0.1, 0.15) is 11.4 Å². The van der Waals surface area contributed by atoms with Crippen molar-refractivity contribution < 1.29 is 0 Å². The number of aromatic nitrogens is 9. The van der Waals surface area contributed by atoms with Crippen LogP contribution in [0.5, 0.6) is 0 Å². The molecule has 6 heterocycles. The summed E-state index contributed by atoms with van der Waals surface area (Å²) in [6.07, 6.45) is 5.84. The van der Waals surface area contributed by atoms with Crippen molar-refractivity contribution in [2.75, 3.05) is 0 Å². The van der Waals surface area contributed by atoms with Gasteiger partial charge in [0.25, 0.3) is 0 Å². The molecule has 14 rings (SSSR count). The first kappa shape index (κ1) is 40.7. The van der Waals surface area contributed by atoms with Gasteiger partial charge in [0.15, 0.2) is 0 Å². The Morgan fingerprint density at radius 2 is 0.944 bits per heavy atom. The number of rotatable bonds is 9. The SMILES string of the molecule is C=C/C=C\c1c(C)nc2n(-c3cc([Si](c4ccccc4)(c4ccccc4)c4ccc(-n5c6ccccc6c6ccccc65)cc4)nc(-n4c5ccccc5n5c6ccccc6nc45)n3)c3ccccc3n12. The van der Waals surface area contributed by atoms with Gasteiger partial charge in [-0.15, -0.1) is 0 Å². The van der Waals surface area contributed by atoms with Gasteiger partial charge in [0.1, 0.15) is 5.82 Å². The van der Waals surface area contributed by atoms with E-state index >= 15 is 0 Å². The maximum Gasteiger partial charge on any atom is 0.238 e. The molecular formula is C61H43N9Si. The molecule has 0 saturated carbocycles. The zero-order valence-corrected chi connectivity index (χ0v) is 39.7. The van der Waals surface area contributed by atoms with Crippen molar-refractivity contribution in [1.29, 1.82) is 0 Å². The Labute approximate surface area is 408 Å². The molecule has 0 aliphatic heterocycles. The number of allylic oxidation sites excluding steroid dienone is 2. The van der Waals surface area contributed by atoms with Crippen molar-refractivity contribution >= 4 is 101 Å². The normalized spacial score (nSPS) is 12.3. The molecule has 0 radical (unpaired) electrons. The van der Waals surface area contributed by atoms with Crippen LogP contribution in [0, 0.1) is 6.92 Å². The average molecular weight is 930 g/mol. The Hall–Kier alpha value is -9.38. The summed E-state index contributed by atoms with van der Waals surface area (Å²) in [4.78, 5) is 22.2. The van der Waals surface area contributed by atoms with Crippen LogP contribution in [-0.4, -0.2) is 50.5 Å². The molecule has 6 aromatic heterocycles. The van der Waals surface area contributed by atoms with Crippen LogP contribution in [0.25, 0.3) is 90.0 Å². The predicted octanol–water partition coefficient (Wildman–Crippen LogP) is 10.8. The molecule has 0 aliphatic carbocycles. The number of para-hydroxylation sites is 8. The van der Waals surface area contributed by atoms with Crippen LogP contribution in [0.3, 0.4) is 0 Å². The largest absolute Gasteiger partial charge is 0.309 e. The van der Waals surface area contributed by atoms with E-state index in [9.17, 15) is 0 Å². The molecular weight excluding hydrogens is 887 g/mol. The first-order valence-electron chi connectivity index (χ1n) is 23.9. The minimum absolute atomic E-state index is 0.510. The van der Waals surface area contributed by atoms with Crippen molar-refractivity contribution in [2.24, 2.45) is 0 Å². The van der Waals surface area contributed by atoms with E-state index < -0.39 is 8.07 Å². The fourth-order valence-electron chi connectivity index (χ4n) is 11.2. The van der Waals surface area contributed by atoms with Gasteiger partial charge in [0.2, 0.25) is 25.6 Å². The third-order valence-electron chi connectivity index (χ3n) is 14.2. The summed E-state index contributed by atoms with van der Waals surface area (Å²) in [7, 11) is -3.39. The van der Waals surface area contributed by atoms with Gasteiger partial charge < -0.3 is 4.57 Å². The highest BCUT2D eigenvalue weighted by Gasteiger charge is 2.44. The highest BCUT2D eigenvalue weighted by atomic mass is 28.3. The molecule has 0 unspecified atom stereocenters. The number of benzene rings is 8. The molecule has 0 aliphatic rings. The molecule has 0 bridgehead atoms. The maximum atomic E-state index is 5.93. The Bertz CT molecular complexity index is 4340. The Morgan fingerprint density at radius 3 is 1.58 bits per heavy atom. The van der Waals surface area contributed by atoms with Crippen LogP contribution in [0.2, 0.25) is 0 Å². The van der Waals surface area contributed by atoms with Gasteiger partial charge in [-0.25, -0.2) is 19.5 Å². The molecule has 0 N–H and O–H groups in total. The zero-order chi connectivity index (χ0) is 47.2. The van der Waals surface area contributed by atoms with E-state index in [1.54, 1.807) is 6.08 Å². The Balaban J connectivity index is 1.12. The highest BCUT2D eigenvalue weighted by molar-refractivity contribution is 7.19. The molecule has 0 atom stereocenters. The van der Waals surface area contributed by atoms with Crippen LogP contribution in [0.4, 0.5) is 0 Å². The van der Waals surface area contributed by atoms with Gasteiger partial charge in [0, 0.05) is 27.8 Å². The second kappa shape index (κ2) is 15.8. The molecule has 9 nitrogen and oxygen atoms in total. The summed E-state index contributed by atoms with van der Waals surface area (Å²) in [5.74, 6) is 2.68. The quantitative estimate of drug-likeness (QED) is 0.0821. The van der Waals surface area contributed by atoms with Gasteiger partial charge >= 0.3 is 0 Å². The number of hydrogen-bond donors (Lipinski definition) is 0. The molecule has 0 saturated heterocycles. The van der Waals surface area contributed by atoms with Crippen LogP contribution >= 0.6 is 0 Å². The summed E-state index contributed by atoms with van der Waals surface area (Å²) in [6.45, 7) is 6.04. The van der Waals surface area contributed by atoms with Gasteiger partial charge in [-0.2, -0.15) is 4.98 Å². The average Bonchev–Trinajstić information content (AvgIpc) is 4.22. The standard InChI is InChI=1S/C61H43N9Si/c1-3-4-28-49-41(2)62-60-67(49)53-32-17-19-34-55(53)69(60)57-40-58(65-59(64-57)70-56-35-20-18-33-54(56)68-52-31-16-13-27-48(52)63-61(68)70)71(43-21-7-5-8-22-43,44-23-9-6-10-24-44)45-38-36-42(37-39-45)66-50-29-14-11-25-46(50)47-26-12-15-30-51(47)66/h3-40H,1H2,2H3/b28-4-. The van der Waals surface area contributed by atoms with Gasteiger partial charge in [0.05, 0.1) is 55.5 Å². The first-order chi connectivity index (χ1) is 35.1. The van der Waals surface area contributed by atoms with E-state index in [0.29, 0.717) is 11.8 Å². The van der Waals surface area contributed by atoms with E-state index in [1.807, 2.05) is 12.1 Å². The van der Waals surface area contributed by atoms with Crippen molar-refractivity contribution in [2.45, 2.75) is 6.92 Å². The van der Waals surface area contributed by atoms with Crippen LogP contribution in [0.15, 0.2) is 231 Å². The van der Waals surface area contributed by atoms with Gasteiger partial charge in [-0.1, -0.05) is 164 Å². The van der Waals surface area contributed by atoms with Gasteiger partial charge in [-0.05, 0) is 89.2 Å². The second-order valence-electron chi connectivity index (χ2n) is 18.0. The fourth-order valence-corrected chi connectivity index (χ4v) is 15.8. The van der Waals surface area contributed by atoms with Crippen molar-refractivity contribution in [3.63, 3.8) is 0 Å². The van der Waals surface area contributed by atoms with E-state index in [-0.39, 0.29) is 0 Å². The van der Waals surface area contributed by atoms with Gasteiger partial charge in [-0.3, -0.25) is 13.4 Å². The summed E-state index contributed by atoms with van der Waals surface area (Å²) in [6, 6.07) is 76.0. The predicted molar refractivity (Wildman–Crippen MR) is 293 cm³/mol. The molecule has 336 valence electrons. The zero-order valence-electron chi connectivity index (χ0n) is 38.7. The minimum Gasteiger partial charge on any atom is -0.309 e. The van der Waals surface area contributed by atoms with E-state index in [4.69, 9.17) is 19.9 Å². The summed E-state index contributed by atoms with van der Waals surface area (Å²) in [5.41, 5.74) is 11.1. The number of nitrogens with zero attached hydrogens (tertiary/aromatic N) is 9. The third kappa shape index (κ3) is 5.92. The maximum absolute atomic E-state index is 5.93. The smallest absolute Gasteiger partial charge is 0.238 e. The summed E-state index contributed by atoms with van der Waals surface area (Å²) in [5, 5.41) is 6.93. The molecule has 71 heavy (non-hydrogen) atoms.